The van der Waals surface area contributed by atoms with E-state index in [2.05, 4.69) is 16.9 Å². The summed E-state index contributed by atoms with van der Waals surface area (Å²) in [6.45, 7) is 6.17. The largest absolute Gasteiger partial charge is 0.496 e. The number of rotatable bonds is 3. The fourth-order valence-corrected chi connectivity index (χ4v) is 2.34. The zero-order chi connectivity index (χ0) is 13.3. The van der Waals surface area contributed by atoms with Crippen molar-refractivity contribution in [1.82, 2.24) is 9.97 Å². The molecule has 1 unspecified atom stereocenters. The number of hydrogen-bond donors (Lipinski definition) is 2. The Morgan fingerprint density at radius 3 is 2.56 bits per heavy atom. The van der Waals surface area contributed by atoms with E-state index in [4.69, 9.17) is 10.5 Å². The fraction of sp³-hybridized carbons (Fsp3) is 0.357. The molecule has 1 aromatic heterocycles. The minimum Gasteiger partial charge on any atom is -0.496 e. The number of aryl methyl sites for hydroxylation is 1. The van der Waals surface area contributed by atoms with Crippen LogP contribution >= 0.6 is 0 Å². The molecular formula is C14H19N3O. The van der Waals surface area contributed by atoms with Crippen LogP contribution in [0, 0.1) is 20.8 Å². The molecular weight excluding hydrogens is 226 g/mol. The predicted octanol–water partition coefficient (Wildman–Crippen LogP) is 2.39. The third-order valence-corrected chi connectivity index (χ3v) is 3.45. The highest BCUT2D eigenvalue weighted by molar-refractivity contribution is 5.50. The van der Waals surface area contributed by atoms with Crippen molar-refractivity contribution in [2.75, 3.05) is 7.11 Å². The SMILES string of the molecule is COc1cc(C)c(C(N)c2ncc[nH]2)c(C)c1C. The third kappa shape index (κ3) is 1.99. The van der Waals surface area contributed by atoms with Crippen molar-refractivity contribution in [2.45, 2.75) is 26.8 Å². The minimum absolute atomic E-state index is 0.232. The molecule has 0 saturated carbocycles. The van der Waals surface area contributed by atoms with Gasteiger partial charge in [-0.05, 0) is 49.1 Å². The monoisotopic (exact) mass is 245 g/mol. The van der Waals surface area contributed by atoms with E-state index in [1.807, 2.05) is 19.9 Å². The Hall–Kier alpha value is -1.81. The number of benzene rings is 1. The van der Waals surface area contributed by atoms with Crippen LogP contribution in [0.1, 0.15) is 34.1 Å². The Bertz CT molecular complexity index is 547. The molecule has 0 radical (unpaired) electrons. The van der Waals surface area contributed by atoms with E-state index in [0.29, 0.717) is 0 Å². The number of imidazole rings is 1. The van der Waals surface area contributed by atoms with Crippen LogP contribution in [0.3, 0.4) is 0 Å². The van der Waals surface area contributed by atoms with Crippen LogP contribution in [0.2, 0.25) is 0 Å². The van der Waals surface area contributed by atoms with Crippen molar-refractivity contribution >= 4 is 0 Å². The van der Waals surface area contributed by atoms with Crippen molar-refractivity contribution in [1.29, 1.82) is 0 Å². The number of nitrogens with zero attached hydrogens (tertiary/aromatic N) is 1. The van der Waals surface area contributed by atoms with Crippen LogP contribution in [-0.4, -0.2) is 17.1 Å². The van der Waals surface area contributed by atoms with E-state index in [1.54, 1.807) is 19.5 Å². The molecule has 0 fully saturated rings. The Morgan fingerprint density at radius 2 is 2.00 bits per heavy atom. The van der Waals surface area contributed by atoms with Gasteiger partial charge >= 0.3 is 0 Å². The fourth-order valence-electron chi connectivity index (χ4n) is 2.34. The second-order valence-corrected chi connectivity index (χ2v) is 4.51. The van der Waals surface area contributed by atoms with Gasteiger partial charge in [-0.1, -0.05) is 0 Å². The van der Waals surface area contributed by atoms with Crippen molar-refractivity contribution in [3.05, 3.63) is 46.5 Å². The van der Waals surface area contributed by atoms with Crippen LogP contribution < -0.4 is 10.5 Å². The molecule has 2 aromatic rings. The molecule has 4 nitrogen and oxygen atoms in total. The highest BCUT2D eigenvalue weighted by Gasteiger charge is 2.19. The van der Waals surface area contributed by atoms with E-state index in [1.165, 1.54) is 0 Å². The number of aromatic nitrogens is 2. The summed E-state index contributed by atoms with van der Waals surface area (Å²) >= 11 is 0. The van der Waals surface area contributed by atoms with Gasteiger partial charge in [0.15, 0.2) is 0 Å². The second kappa shape index (κ2) is 4.82. The van der Waals surface area contributed by atoms with Gasteiger partial charge in [0.05, 0.1) is 13.2 Å². The Morgan fingerprint density at radius 1 is 1.28 bits per heavy atom. The molecule has 0 aliphatic carbocycles. The van der Waals surface area contributed by atoms with Gasteiger partial charge in [-0.3, -0.25) is 0 Å². The lowest BCUT2D eigenvalue weighted by Crippen LogP contribution is -2.17. The van der Waals surface area contributed by atoms with E-state index in [-0.39, 0.29) is 6.04 Å². The lowest BCUT2D eigenvalue weighted by Gasteiger charge is -2.19. The van der Waals surface area contributed by atoms with Gasteiger partial charge in [0.25, 0.3) is 0 Å². The summed E-state index contributed by atoms with van der Waals surface area (Å²) in [6.07, 6.45) is 3.51. The van der Waals surface area contributed by atoms with Crippen LogP contribution in [0.4, 0.5) is 0 Å². The molecule has 1 heterocycles. The van der Waals surface area contributed by atoms with Gasteiger partial charge in [-0.2, -0.15) is 0 Å². The second-order valence-electron chi connectivity index (χ2n) is 4.51. The maximum Gasteiger partial charge on any atom is 0.127 e. The first-order valence-corrected chi connectivity index (χ1v) is 5.95. The normalized spacial score (nSPS) is 12.5. The first-order valence-electron chi connectivity index (χ1n) is 5.95. The maximum absolute atomic E-state index is 6.29. The van der Waals surface area contributed by atoms with Gasteiger partial charge in [-0.25, -0.2) is 4.98 Å². The van der Waals surface area contributed by atoms with Crippen LogP contribution in [0.25, 0.3) is 0 Å². The molecule has 96 valence electrons. The highest BCUT2D eigenvalue weighted by Crippen LogP contribution is 2.32. The smallest absolute Gasteiger partial charge is 0.127 e. The first kappa shape index (κ1) is 12.6. The van der Waals surface area contributed by atoms with E-state index in [9.17, 15) is 0 Å². The Kier molecular flexibility index (Phi) is 3.39. The van der Waals surface area contributed by atoms with Crippen LogP contribution in [0.15, 0.2) is 18.5 Å². The van der Waals surface area contributed by atoms with Gasteiger partial charge in [0.1, 0.15) is 11.6 Å². The molecule has 18 heavy (non-hydrogen) atoms. The van der Waals surface area contributed by atoms with Gasteiger partial charge < -0.3 is 15.5 Å². The van der Waals surface area contributed by atoms with Gasteiger partial charge in [0, 0.05) is 12.4 Å². The van der Waals surface area contributed by atoms with Crippen molar-refractivity contribution in [3.63, 3.8) is 0 Å². The van der Waals surface area contributed by atoms with Gasteiger partial charge in [0.2, 0.25) is 0 Å². The lowest BCUT2D eigenvalue weighted by molar-refractivity contribution is 0.410. The highest BCUT2D eigenvalue weighted by atomic mass is 16.5. The number of ether oxygens (including phenoxy) is 1. The van der Waals surface area contributed by atoms with Crippen LogP contribution in [0.5, 0.6) is 5.75 Å². The Balaban J connectivity index is 2.55. The summed E-state index contributed by atoms with van der Waals surface area (Å²) in [6, 6.07) is 1.80. The molecule has 2 rings (SSSR count). The zero-order valence-corrected chi connectivity index (χ0v) is 11.2. The summed E-state index contributed by atoms with van der Waals surface area (Å²) in [7, 11) is 1.69. The Labute approximate surface area is 107 Å². The molecule has 4 heteroatoms. The summed E-state index contributed by atoms with van der Waals surface area (Å²) in [5.74, 6) is 1.69. The first-order chi connectivity index (χ1) is 8.56. The standard InChI is InChI=1S/C14H19N3O/c1-8-7-11(18-4)9(2)10(3)12(8)13(15)14-16-5-6-17-14/h5-7,13H,15H2,1-4H3,(H,16,17). The molecule has 0 bridgehead atoms. The van der Waals surface area contributed by atoms with E-state index < -0.39 is 0 Å². The minimum atomic E-state index is -0.232. The quantitative estimate of drug-likeness (QED) is 0.872. The van der Waals surface area contributed by atoms with Crippen LogP contribution in [-0.2, 0) is 0 Å². The molecule has 0 aliphatic rings. The average molecular weight is 245 g/mol. The summed E-state index contributed by atoms with van der Waals surface area (Å²) in [5, 5.41) is 0. The van der Waals surface area contributed by atoms with Crippen molar-refractivity contribution in [3.8, 4) is 5.75 Å². The molecule has 1 atom stereocenters. The number of methoxy groups -OCH3 is 1. The van der Waals surface area contributed by atoms with Crippen molar-refractivity contribution < 1.29 is 4.74 Å². The predicted molar refractivity (Wildman–Crippen MR) is 71.8 cm³/mol. The number of hydrogen-bond acceptors (Lipinski definition) is 3. The summed E-state index contributed by atoms with van der Waals surface area (Å²) in [4.78, 5) is 7.31. The van der Waals surface area contributed by atoms with Gasteiger partial charge in [-0.15, -0.1) is 0 Å². The topological polar surface area (TPSA) is 63.9 Å². The van der Waals surface area contributed by atoms with E-state index >= 15 is 0 Å². The molecule has 1 aromatic carbocycles. The molecule has 0 saturated heterocycles. The number of nitrogens with one attached hydrogen (secondary N) is 1. The third-order valence-electron chi connectivity index (χ3n) is 3.45. The van der Waals surface area contributed by atoms with E-state index in [0.717, 1.165) is 33.8 Å². The summed E-state index contributed by atoms with van der Waals surface area (Å²) < 4.78 is 5.37. The number of H-pyrrole nitrogens is 1. The summed E-state index contributed by atoms with van der Waals surface area (Å²) in [5.41, 5.74) is 10.8. The molecule has 3 N–H and O–H groups in total. The number of aromatic amines is 1. The zero-order valence-electron chi connectivity index (χ0n) is 11.2. The molecule has 0 aliphatic heterocycles. The molecule has 0 amide bonds. The lowest BCUT2D eigenvalue weighted by atomic mass is 9.92. The van der Waals surface area contributed by atoms with Crippen molar-refractivity contribution in [2.24, 2.45) is 5.73 Å². The number of nitrogens with two attached hydrogens (primary N) is 1. The average Bonchev–Trinajstić information content (AvgIpc) is 2.87. The maximum atomic E-state index is 6.29. The molecule has 0 spiro atoms.